The maximum atomic E-state index is 5.60. The van der Waals surface area contributed by atoms with E-state index in [2.05, 4.69) is 64.1 Å². The molecule has 2 heterocycles. The summed E-state index contributed by atoms with van der Waals surface area (Å²) in [7, 11) is 0. The van der Waals surface area contributed by atoms with Gasteiger partial charge in [-0.25, -0.2) is 0 Å². The van der Waals surface area contributed by atoms with E-state index in [0.29, 0.717) is 11.3 Å². The van der Waals surface area contributed by atoms with Crippen LogP contribution in [0.5, 0.6) is 0 Å². The number of aromatic nitrogens is 1. The van der Waals surface area contributed by atoms with E-state index in [4.69, 9.17) is 4.52 Å². The Morgan fingerprint density at radius 2 is 2.00 bits per heavy atom. The minimum Gasteiger partial charge on any atom is -0.384 e. The highest BCUT2D eigenvalue weighted by Crippen LogP contribution is 2.41. The van der Waals surface area contributed by atoms with Crippen LogP contribution in [0.1, 0.15) is 59.2 Å². The first kappa shape index (κ1) is 15.4. The predicted octanol–water partition coefficient (Wildman–Crippen LogP) is 5.15. The summed E-state index contributed by atoms with van der Waals surface area (Å²) < 4.78 is 5.60. The van der Waals surface area contributed by atoms with E-state index in [1.54, 1.807) is 0 Å². The summed E-state index contributed by atoms with van der Waals surface area (Å²) >= 11 is 0. The zero-order valence-electron chi connectivity index (χ0n) is 14.7. The first-order valence-corrected chi connectivity index (χ1v) is 8.38. The van der Waals surface area contributed by atoms with Gasteiger partial charge >= 0.3 is 0 Å². The summed E-state index contributed by atoms with van der Waals surface area (Å²) in [6.07, 6.45) is 2.27. The monoisotopic (exact) mass is 300 g/mol. The number of rotatable bonds is 1. The van der Waals surface area contributed by atoms with Crippen molar-refractivity contribution >= 4 is 16.7 Å². The van der Waals surface area contributed by atoms with Gasteiger partial charge in [-0.15, -0.1) is 0 Å². The van der Waals surface area contributed by atoms with Crippen molar-refractivity contribution < 1.29 is 4.52 Å². The van der Waals surface area contributed by atoms with Gasteiger partial charge in [0, 0.05) is 17.6 Å². The van der Waals surface area contributed by atoms with Gasteiger partial charge in [-0.3, -0.25) is 0 Å². The van der Waals surface area contributed by atoms with E-state index in [0.717, 1.165) is 24.2 Å². The molecular formula is C19H28N2O. The van der Waals surface area contributed by atoms with Crippen molar-refractivity contribution in [2.24, 2.45) is 11.3 Å². The van der Waals surface area contributed by atoms with Crippen molar-refractivity contribution in [1.82, 2.24) is 5.16 Å². The van der Waals surface area contributed by atoms with Crippen LogP contribution in [0.2, 0.25) is 0 Å². The fourth-order valence-electron chi connectivity index (χ4n) is 3.33. The minimum atomic E-state index is -0.00592. The molecule has 1 aromatic heterocycles. The second kappa shape index (κ2) is 5.00. The van der Waals surface area contributed by atoms with Crippen LogP contribution >= 0.6 is 0 Å². The second-order valence-corrected chi connectivity index (χ2v) is 8.41. The van der Waals surface area contributed by atoms with Gasteiger partial charge in [0.1, 0.15) is 0 Å². The molecule has 3 nitrogen and oxygen atoms in total. The molecule has 0 saturated carbocycles. The van der Waals surface area contributed by atoms with Gasteiger partial charge < -0.3 is 9.84 Å². The molecular weight excluding hydrogens is 272 g/mol. The molecule has 0 bridgehead atoms. The number of fused-ring (bicyclic) bond motifs is 3. The Labute approximate surface area is 133 Å². The van der Waals surface area contributed by atoms with Gasteiger partial charge in [-0.05, 0) is 41.9 Å². The highest BCUT2D eigenvalue weighted by atomic mass is 16.5. The molecule has 3 rings (SSSR count). The quantitative estimate of drug-likeness (QED) is 0.792. The van der Waals surface area contributed by atoms with E-state index in [9.17, 15) is 0 Å². The molecule has 0 saturated heterocycles. The Morgan fingerprint density at radius 1 is 1.27 bits per heavy atom. The van der Waals surface area contributed by atoms with Gasteiger partial charge in [-0.2, -0.15) is 0 Å². The average Bonchev–Trinajstić information content (AvgIpc) is 2.79. The molecule has 2 aromatic rings. The molecule has 120 valence electrons. The molecule has 0 aliphatic carbocycles. The number of nitrogens with zero attached hydrogens (tertiary/aromatic N) is 1. The van der Waals surface area contributed by atoms with Gasteiger partial charge in [0.05, 0.1) is 11.1 Å². The molecule has 1 aliphatic heterocycles. The van der Waals surface area contributed by atoms with Crippen LogP contribution in [0, 0.1) is 11.3 Å². The smallest absolute Gasteiger partial charge is 0.167 e. The van der Waals surface area contributed by atoms with E-state index in [1.165, 1.54) is 23.1 Å². The third-order valence-corrected chi connectivity index (χ3v) is 5.48. The van der Waals surface area contributed by atoms with Crippen molar-refractivity contribution in [3.63, 3.8) is 0 Å². The number of nitrogens with one attached hydrogen (secondary N) is 1. The average molecular weight is 300 g/mol. The minimum absolute atomic E-state index is 0.00592. The second-order valence-electron chi connectivity index (χ2n) is 8.41. The lowest BCUT2D eigenvalue weighted by Gasteiger charge is -2.32. The summed E-state index contributed by atoms with van der Waals surface area (Å²) in [6.45, 7) is 14.7. The van der Waals surface area contributed by atoms with Crippen molar-refractivity contribution in [3.05, 3.63) is 23.4 Å². The number of aryl methyl sites for hydroxylation is 1. The topological polar surface area (TPSA) is 38.1 Å². The van der Waals surface area contributed by atoms with E-state index in [-0.39, 0.29) is 5.41 Å². The Hall–Kier alpha value is -1.51. The molecule has 3 heteroatoms. The molecule has 1 aromatic carbocycles. The predicted molar refractivity (Wildman–Crippen MR) is 92.5 cm³/mol. The van der Waals surface area contributed by atoms with E-state index < -0.39 is 0 Å². The summed E-state index contributed by atoms with van der Waals surface area (Å²) in [5.41, 5.74) is 4.95. The summed E-state index contributed by atoms with van der Waals surface area (Å²) in [5, 5.41) is 9.29. The van der Waals surface area contributed by atoms with Crippen LogP contribution in [-0.4, -0.2) is 11.7 Å². The van der Waals surface area contributed by atoms with Crippen molar-refractivity contribution in [2.45, 2.75) is 59.8 Å². The third-order valence-electron chi connectivity index (χ3n) is 5.48. The highest BCUT2D eigenvalue weighted by molar-refractivity contribution is 5.89. The fraction of sp³-hybridized carbons (Fsp3) is 0.632. The van der Waals surface area contributed by atoms with Crippen LogP contribution in [-0.2, 0) is 11.8 Å². The van der Waals surface area contributed by atoms with Gasteiger partial charge in [0.15, 0.2) is 5.58 Å². The number of anilines is 1. The maximum Gasteiger partial charge on any atom is 0.167 e. The number of benzene rings is 1. The largest absolute Gasteiger partial charge is 0.384 e. The van der Waals surface area contributed by atoms with Crippen LogP contribution in [0.15, 0.2) is 16.7 Å². The fourth-order valence-corrected chi connectivity index (χ4v) is 3.33. The molecule has 0 amide bonds. The van der Waals surface area contributed by atoms with Crippen LogP contribution in [0.4, 0.5) is 5.69 Å². The van der Waals surface area contributed by atoms with E-state index >= 15 is 0 Å². The zero-order chi connectivity index (χ0) is 16.1. The van der Waals surface area contributed by atoms with Gasteiger partial charge in [0.2, 0.25) is 0 Å². The van der Waals surface area contributed by atoms with Crippen LogP contribution < -0.4 is 5.32 Å². The molecule has 0 fully saturated rings. The molecule has 1 aliphatic rings. The first-order chi connectivity index (χ1) is 10.2. The Balaban J connectivity index is 2.13. The Morgan fingerprint density at radius 3 is 2.64 bits per heavy atom. The van der Waals surface area contributed by atoms with Crippen molar-refractivity contribution in [2.75, 3.05) is 11.9 Å². The highest BCUT2D eigenvalue weighted by Gasteiger charge is 2.33. The molecule has 1 unspecified atom stereocenters. The lowest BCUT2D eigenvalue weighted by Crippen LogP contribution is -2.30. The van der Waals surface area contributed by atoms with Crippen molar-refractivity contribution in [1.29, 1.82) is 0 Å². The number of hydrogen-bond donors (Lipinski definition) is 1. The summed E-state index contributed by atoms with van der Waals surface area (Å²) in [4.78, 5) is 0. The standard InChI is InChI=1S/C19H28N2O/c1-12(2)19(6)10-9-13-14(20-11-19)7-8-15-16(13)17(21-22-15)18(3,4)5/h7-8,12,20H,9-11H2,1-6H3. The first-order valence-electron chi connectivity index (χ1n) is 8.38. The lowest BCUT2D eigenvalue weighted by atomic mass is 9.75. The SMILES string of the molecule is CC(C)C1(C)CCc2c(ccc3onc(C(C)(C)C)c23)NC1. The zero-order valence-corrected chi connectivity index (χ0v) is 14.7. The number of hydrogen-bond acceptors (Lipinski definition) is 3. The Kier molecular flexibility index (Phi) is 3.50. The van der Waals surface area contributed by atoms with E-state index in [1.807, 2.05) is 0 Å². The third kappa shape index (κ3) is 2.41. The van der Waals surface area contributed by atoms with Crippen LogP contribution in [0.3, 0.4) is 0 Å². The van der Waals surface area contributed by atoms with Gasteiger partial charge in [0.25, 0.3) is 0 Å². The molecule has 22 heavy (non-hydrogen) atoms. The lowest BCUT2D eigenvalue weighted by molar-refractivity contribution is 0.221. The molecule has 1 N–H and O–H groups in total. The summed E-state index contributed by atoms with van der Waals surface area (Å²) in [6, 6.07) is 4.21. The normalized spacial score (nSPS) is 22.5. The summed E-state index contributed by atoms with van der Waals surface area (Å²) in [5.74, 6) is 0.661. The van der Waals surface area contributed by atoms with Crippen molar-refractivity contribution in [3.8, 4) is 0 Å². The maximum absolute atomic E-state index is 5.60. The van der Waals surface area contributed by atoms with Crippen LogP contribution in [0.25, 0.3) is 11.0 Å². The van der Waals surface area contributed by atoms with Gasteiger partial charge in [-0.1, -0.05) is 46.7 Å². The Bertz CT molecular complexity index is 693. The molecule has 0 spiro atoms. The molecule has 0 radical (unpaired) electrons. The molecule has 1 atom stereocenters.